The standard InChI is InChI=1S/C13H8OS/c14-13-10-4-2-1-3-9(10)12-7-8(15)5-6-11(12)13/h1-7,15H. The maximum Gasteiger partial charge on any atom is 0.194 e. The molecule has 0 fully saturated rings. The monoisotopic (exact) mass is 212 g/mol. The number of hydrogen-bond donors (Lipinski definition) is 1. The van der Waals surface area contributed by atoms with Crippen molar-refractivity contribution in [3.8, 4) is 11.1 Å². The predicted molar refractivity (Wildman–Crippen MR) is 62.6 cm³/mol. The molecule has 0 radical (unpaired) electrons. The first-order valence-corrected chi connectivity index (χ1v) is 5.19. The molecule has 0 saturated carbocycles. The van der Waals surface area contributed by atoms with Crippen LogP contribution in [0.2, 0.25) is 0 Å². The van der Waals surface area contributed by atoms with E-state index in [2.05, 4.69) is 12.6 Å². The van der Waals surface area contributed by atoms with Gasteiger partial charge in [-0.2, -0.15) is 0 Å². The van der Waals surface area contributed by atoms with Gasteiger partial charge in [-0.3, -0.25) is 4.79 Å². The van der Waals surface area contributed by atoms with E-state index in [1.807, 2.05) is 42.5 Å². The van der Waals surface area contributed by atoms with Gasteiger partial charge in [0.2, 0.25) is 0 Å². The Labute approximate surface area is 93.2 Å². The highest BCUT2D eigenvalue weighted by Crippen LogP contribution is 2.37. The van der Waals surface area contributed by atoms with E-state index in [0.29, 0.717) is 0 Å². The zero-order chi connectivity index (χ0) is 10.4. The van der Waals surface area contributed by atoms with Crippen molar-refractivity contribution in [2.75, 3.05) is 0 Å². The average Bonchev–Trinajstić information content (AvgIpc) is 2.54. The van der Waals surface area contributed by atoms with Crippen LogP contribution >= 0.6 is 12.6 Å². The maximum absolute atomic E-state index is 12.0. The topological polar surface area (TPSA) is 17.1 Å². The summed E-state index contributed by atoms with van der Waals surface area (Å²) in [7, 11) is 0. The van der Waals surface area contributed by atoms with Crippen LogP contribution in [0.1, 0.15) is 15.9 Å². The van der Waals surface area contributed by atoms with E-state index in [1.165, 1.54) is 0 Å². The Morgan fingerprint density at radius 3 is 2.27 bits per heavy atom. The Bertz CT molecular complexity index is 572. The van der Waals surface area contributed by atoms with Crippen LogP contribution in [0.15, 0.2) is 47.4 Å². The normalized spacial score (nSPS) is 12.5. The number of benzene rings is 2. The molecule has 0 bridgehead atoms. The number of thiol groups is 1. The van der Waals surface area contributed by atoms with Crippen LogP contribution in [0.5, 0.6) is 0 Å². The van der Waals surface area contributed by atoms with Crippen molar-refractivity contribution in [3.63, 3.8) is 0 Å². The molecular weight excluding hydrogens is 204 g/mol. The number of ketones is 1. The third-order valence-corrected chi connectivity index (χ3v) is 2.99. The van der Waals surface area contributed by atoms with Crippen molar-refractivity contribution in [2.24, 2.45) is 0 Å². The lowest BCUT2D eigenvalue weighted by atomic mass is 10.1. The predicted octanol–water partition coefficient (Wildman–Crippen LogP) is 3.19. The number of fused-ring (bicyclic) bond motifs is 3. The number of hydrogen-bond acceptors (Lipinski definition) is 2. The fraction of sp³-hybridized carbons (Fsp3) is 0. The minimum atomic E-state index is 0.119. The van der Waals surface area contributed by atoms with Gasteiger partial charge in [-0.1, -0.05) is 24.3 Å². The zero-order valence-corrected chi connectivity index (χ0v) is 8.79. The van der Waals surface area contributed by atoms with Crippen molar-refractivity contribution in [1.29, 1.82) is 0 Å². The summed E-state index contributed by atoms with van der Waals surface area (Å²) < 4.78 is 0. The minimum absolute atomic E-state index is 0.119. The molecule has 0 spiro atoms. The minimum Gasteiger partial charge on any atom is -0.289 e. The summed E-state index contributed by atoms with van der Waals surface area (Å²) >= 11 is 4.29. The van der Waals surface area contributed by atoms with Gasteiger partial charge in [0.15, 0.2) is 5.78 Å². The largest absolute Gasteiger partial charge is 0.289 e. The average molecular weight is 212 g/mol. The highest BCUT2D eigenvalue weighted by molar-refractivity contribution is 7.80. The van der Waals surface area contributed by atoms with Gasteiger partial charge in [-0.15, -0.1) is 12.6 Å². The first kappa shape index (κ1) is 8.74. The van der Waals surface area contributed by atoms with E-state index in [9.17, 15) is 4.79 Å². The molecule has 1 aliphatic rings. The molecule has 0 atom stereocenters. The van der Waals surface area contributed by atoms with Crippen LogP contribution in [0.3, 0.4) is 0 Å². The molecule has 1 aliphatic carbocycles. The molecule has 3 rings (SSSR count). The zero-order valence-electron chi connectivity index (χ0n) is 7.90. The van der Waals surface area contributed by atoms with E-state index >= 15 is 0 Å². The van der Waals surface area contributed by atoms with E-state index in [4.69, 9.17) is 0 Å². The molecule has 2 heteroatoms. The third kappa shape index (κ3) is 1.15. The van der Waals surface area contributed by atoms with Crippen LogP contribution in [0.4, 0.5) is 0 Å². The lowest BCUT2D eigenvalue weighted by Crippen LogP contribution is -1.93. The SMILES string of the molecule is O=C1c2ccccc2-c2cc(S)ccc21. The summed E-state index contributed by atoms with van der Waals surface area (Å²) in [5.74, 6) is 0.119. The van der Waals surface area contributed by atoms with Crippen LogP contribution in [0, 0.1) is 0 Å². The van der Waals surface area contributed by atoms with Gasteiger partial charge in [0, 0.05) is 16.0 Å². The number of carbonyl (C=O) groups excluding carboxylic acids is 1. The smallest absolute Gasteiger partial charge is 0.194 e. The number of rotatable bonds is 0. The highest BCUT2D eigenvalue weighted by atomic mass is 32.1. The van der Waals surface area contributed by atoms with Crippen LogP contribution in [-0.4, -0.2) is 5.78 Å². The fourth-order valence-electron chi connectivity index (χ4n) is 2.01. The summed E-state index contributed by atoms with van der Waals surface area (Å²) in [6, 6.07) is 13.3. The Hall–Kier alpha value is -1.54. The summed E-state index contributed by atoms with van der Waals surface area (Å²) in [5.41, 5.74) is 3.61. The molecule has 15 heavy (non-hydrogen) atoms. The quantitative estimate of drug-likeness (QED) is 0.566. The molecular formula is C13H8OS. The summed E-state index contributed by atoms with van der Waals surface area (Å²) in [6.45, 7) is 0. The highest BCUT2D eigenvalue weighted by Gasteiger charge is 2.25. The maximum atomic E-state index is 12.0. The second-order valence-electron chi connectivity index (χ2n) is 3.60. The van der Waals surface area contributed by atoms with E-state index in [1.54, 1.807) is 0 Å². The molecule has 0 aliphatic heterocycles. The molecule has 2 aromatic rings. The first-order chi connectivity index (χ1) is 7.27. The van der Waals surface area contributed by atoms with Gasteiger partial charge in [0.1, 0.15) is 0 Å². The first-order valence-electron chi connectivity index (χ1n) is 4.74. The second-order valence-corrected chi connectivity index (χ2v) is 4.12. The van der Waals surface area contributed by atoms with E-state index in [0.717, 1.165) is 27.1 Å². The Balaban J connectivity index is 2.39. The molecule has 0 heterocycles. The lowest BCUT2D eigenvalue weighted by molar-refractivity contribution is 0.104. The van der Waals surface area contributed by atoms with E-state index in [-0.39, 0.29) is 5.78 Å². The fourth-order valence-corrected chi connectivity index (χ4v) is 2.22. The van der Waals surface area contributed by atoms with Crippen molar-refractivity contribution in [2.45, 2.75) is 4.90 Å². The van der Waals surface area contributed by atoms with Gasteiger partial charge >= 0.3 is 0 Å². The van der Waals surface area contributed by atoms with Crippen LogP contribution in [0.25, 0.3) is 11.1 Å². The van der Waals surface area contributed by atoms with Gasteiger partial charge < -0.3 is 0 Å². The van der Waals surface area contributed by atoms with Gasteiger partial charge in [0.25, 0.3) is 0 Å². The Morgan fingerprint density at radius 1 is 0.800 bits per heavy atom. The van der Waals surface area contributed by atoms with Gasteiger partial charge in [-0.25, -0.2) is 0 Å². The Morgan fingerprint density at radius 2 is 1.47 bits per heavy atom. The summed E-state index contributed by atoms with van der Waals surface area (Å²) in [4.78, 5) is 12.9. The molecule has 0 unspecified atom stereocenters. The van der Waals surface area contributed by atoms with Crippen molar-refractivity contribution in [3.05, 3.63) is 53.6 Å². The molecule has 2 aromatic carbocycles. The molecule has 1 nitrogen and oxygen atoms in total. The molecule has 0 saturated heterocycles. The molecule has 0 N–H and O–H groups in total. The number of carbonyl (C=O) groups is 1. The van der Waals surface area contributed by atoms with Crippen molar-refractivity contribution >= 4 is 18.4 Å². The molecule has 0 amide bonds. The van der Waals surface area contributed by atoms with E-state index < -0.39 is 0 Å². The molecule has 0 aromatic heterocycles. The van der Waals surface area contributed by atoms with Crippen molar-refractivity contribution < 1.29 is 4.79 Å². The summed E-state index contributed by atoms with van der Waals surface area (Å²) in [5, 5.41) is 0. The van der Waals surface area contributed by atoms with Gasteiger partial charge in [0.05, 0.1) is 0 Å². The summed E-state index contributed by atoms with van der Waals surface area (Å²) in [6.07, 6.45) is 0. The Kier molecular flexibility index (Phi) is 1.73. The van der Waals surface area contributed by atoms with Crippen molar-refractivity contribution in [1.82, 2.24) is 0 Å². The molecule has 72 valence electrons. The van der Waals surface area contributed by atoms with Crippen LogP contribution in [-0.2, 0) is 0 Å². The van der Waals surface area contributed by atoms with Gasteiger partial charge in [-0.05, 0) is 29.3 Å². The third-order valence-electron chi connectivity index (χ3n) is 2.71. The second kappa shape index (κ2) is 2.97. The lowest BCUT2D eigenvalue weighted by Gasteiger charge is -1.99. The van der Waals surface area contributed by atoms with Crippen LogP contribution < -0.4 is 0 Å².